The first-order valence-corrected chi connectivity index (χ1v) is 5.65. The number of aryl methyl sites for hydroxylation is 1. The number of carboxylic acid groups (broad SMARTS) is 1. The van der Waals surface area contributed by atoms with Crippen LogP contribution in [0.3, 0.4) is 0 Å². The van der Waals surface area contributed by atoms with Gasteiger partial charge >= 0.3 is 5.97 Å². The monoisotopic (exact) mass is 237 g/mol. The van der Waals surface area contributed by atoms with Gasteiger partial charge in [-0.05, 0) is 26.2 Å². The number of imidazole rings is 1. The molecule has 0 radical (unpaired) electrons. The van der Waals surface area contributed by atoms with Crippen molar-refractivity contribution in [1.29, 1.82) is 0 Å². The molecule has 1 unspecified atom stereocenters. The van der Waals surface area contributed by atoms with Crippen molar-refractivity contribution in [1.82, 2.24) is 14.9 Å². The van der Waals surface area contributed by atoms with Crippen LogP contribution in [-0.4, -0.2) is 44.4 Å². The molecule has 1 aliphatic rings. The number of likely N-dealkylation sites (tertiary alicyclic amines) is 1. The first-order chi connectivity index (χ1) is 8.09. The Morgan fingerprint density at radius 2 is 2.29 bits per heavy atom. The standard InChI is InChI=1S/C11H15N3O3/c1-7-12-6-8(13-7)10(15)14-5-3-2-4-9(14)11(16)17/h6,9H,2-5H2,1H3,(H,12,13)(H,16,17). The predicted molar refractivity (Wildman–Crippen MR) is 59.6 cm³/mol. The fourth-order valence-corrected chi connectivity index (χ4v) is 2.12. The number of amides is 1. The van der Waals surface area contributed by atoms with Crippen LogP contribution in [0.15, 0.2) is 6.20 Å². The zero-order valence-corrected chi connectivity index (χ0v) is 9.64. The minimum Gasteiger partial charge on any atom is -0.480 e. The number of hydrogen-bond donors (Lipinski definition) is 2. The van der Waals surface area contributed by atoms with E-state index in [1.54, 1.807) is 6.92 Å². The third-order valence-electron chi connectivity index (χ3n) is 2.98. The van der Waals surface area contributed by atoms with E-state index < -0.39 is 12.0 Å². The number of aliphatic carboxylic acids is 1. The van der Waals surface area contributed by atoms with E-state index in [1.165, 1.54) is 11.1 Å². The Kier molecular flexibility index (Phi) is 3.12. The molecule has 6 nitrogen and oxygen atoms in total. The highest BCUT2D eigenvalue weighted by Gasteiger charge is 2.32. The van der Waals surface area contributed by atoms with E-state index in [0.717, 1.165) is 12.8 Å². The number of carboxylic acids is 1. The molecule has 0 bridgehead atoms. The van der Waals surface area contributed by atoms with E-state index in [-0.39, 0.29) is 5.91 Å². The molecule has 1 aromatic heterocycles. The van der Waals surface area contributed by atoms with Gasteiger partial charge in [-0.15, -0.1) is 0 Å². The molecule has 0 aromatic carbocycles. The molecule has 0 spiro atoms. The van der Waals surface area contributed by atoms with Gasteiger partial charge in [0.1, 0.15) is 17.6 Å². The maximum atomic E-state index is 12.1. The van der Waals surface area contributed by atoms with Crippen LogP contribution in [0.5, 0.6) is 0 Å². The smallest absolute Gasteiger partial charge is 0.326 e. The minimum absolute atomic E-state index is 0.280. The summed E-state index contributed by atoms with van der Waals surface area (Å²) in [6.45, 7) is 2.25. The van der Waals surface area contributed by atoms with Gasteiger partial charge in [-0.1, -0.05) is 0 Å². The highest BCUT2D eigenvalue weighted by atomic mass is 16.4. The lowest BCUT2D eigenvalue weighted by Crippen LogP contribution is -2.48. The topological polar surface area (TPSA) is 86.3 Å². The number of H-pyrrole nitrogens is 1. The maximum absolute atomic E-state index is 12.1. The zero-order chi connectivity index (χ0) is 12.4. The van der Waals surface area contributed by atoms with E-state index >= 15 is 0 Å². The fraction of sp³-hybridized carbons (Fsp3) is 0.545. The third-order valence-corrected chi connectivity index (χ3v) is 2.98. The molecule has 92 valence electrons. The molecule has 17 heavy (non-hydrogen) atoms. The van der Waals surface area contributed by atoms with Crippen molar-refractivity contribution in [2.75, 3.05) is 6.54 Å². The SMILES string of the molecule is Cc1ncc(C(=O)N2CCCCC2C(=O)O)[nH]1. The fourth-order valence-electron chi connectivity index (χ4n) is 2.12. The summed E-state index contributed by atoms with van der Waals surface area (Å²) in [6.07, 6.45) is 3.67. The number of aromatic nitrogens is 2. The molecule has 0 saturated carbocycles. The number of carbonyl (C=O) groups is 2. The number of carbonyl (C=O) groups excluding carboxylic acids is 1. The van der Waals surface area contributed by atoms with Crippen molar-refractivity contribution in [3.05, 3.63) is 17.7 Å². The zero-order valence-electron chi connectivity index (χ0n) is 9.64. The highest BCUT2D eigenvalue weighted by Crippen LogP contribution is 2.19. The van der Waals surface area contributed by atoms with Crippen LogP contribution in [0.25, 0.3) is 0 Å². The summed E-state index contributed by atoms with van der Waals surface area (Å²) >= 11 is 0. The predicted octanol–water partition coefficient (Wildman–Crippen LogP) is 0.797. The van der Waals surface area contributed by atoms with Crippen molar-refractivity contribution in [3.8, 4) is 0 Å². The van der Waals surface area contributed by atoms with Crippen molar-refractivity contribution < 1.29 is 14.7 Å². The first-order valence-electron chi connectivity index (χ1n) is 5.65. The number of piperidine rings is 1. The molecule has 1 aliphatic heterocycles. The Balaban J connectivity index is 2.19. The molecule has 1 amide bonds. The summed E-state index contributed by atoms with van der Waals surface area (Å²) in [5.41, 5.74) is 0.357. The Morgan fingerprint density at radius 1 is 1.53 bits per heavy atom. The van der Waals surface area contributed by atoms with Crippen molar-refractivity contribution in [3.63, 3.8) is 0 Å². The Hall–Kier alpha value is -1.85. The van der Waals surface area contributed by atoms with Gasteiger partial charge in [-0.2, -0.15) is 0 Å². The van der Waals surface area contributed by atoms with Crippen LogP contribution in [0.1, 0.15) is 35.6 Å². The molecule has 2 N–H and O–H groups in total. The van der Waals surface area contributed by atoms with Gasteiger partial charge in [-0.25, -0.2) is 9.78 Å². The van der Waals surface area contributed by atoms with Crippen molar-refractivity contribution in [2.45, 2.75) is 32.2 Å². The molecule has 1 saturated heterocycles. The minimum atomic E-state index is -0.936. The van der Waals surface area contributed by atoms with Gasteiger partial charge in [0, 0.05) is 6.54 Å². The van der Waals surface area contributed by atoms with Gasteiger partial charge < -0.3 is 15.0 Å². The van der Waals surface area contributed by atoms with Crippen LogP contribution in [0.4, 0.5) is 0 Å². The molecule has 6 heteroatoms. The average Bonchev–Trinajstić information content (AvgIpc) is 2.75. The Labute approximate surface area is 98.7 Å². The second kappa shape index (κ2) is 4.57. The molecule has 2 heterocycles. The summed E-state index contributed by atoms with van der Waals surface area (Å²) in [6, 6.07) is -0.708. The van der Waals surface area contributed by atoms with Crippen molar-refractivity contribution in [2.24, 2.45) is 0 Å². The molecular formula is C11H15N3O3. The number of aromatic amines is 1. The molecule has 1 fully saturated rings. The van der Waals surface area contributed by atoms with Crippen LogP contribution in [-0.2, 0) is 4.79 Å². The molecule has 2 rings (SSSR count). The van der Waals surface area contributed by atoms with Crippen LogP contribution in [0, 0.1) is 6.92 Å². The second-order valence-electron chi connectivity index (χ2n) is 4.23. The number of rotatable bonds is 2. The van der Waals surface area contributed by atoms with Crippen LogP contribution >= 0.6 is 0 Å². The lowest BCUT2D eigenvalue weighted by Gasteiger charge is -2.32. The van der Waals surface area contributed by atoms with E-state index in [0.29, 0.717) is 24.5 Å². The molecular weight excluding hydrogens is 222 g/mol. The summed E-state index contributed by atoms with van der Waals surface area (Å²) in [5.74, 6) is -0.566. The number of hydrogen-bond acceptors (Lipinski definition) is 3. The van der Waals surface area contributed by atoms with E-state index in [4.69, 9.17) is 5.11 Å². The molecule has 1 atom stereocenters. The summed E-state index contributed by atoms with van der Waals surface area (Å²) in [7, 11) is 0. The summed E-state index contributed by atoms with van der Waals surface area (Å²) in [4.78, 5) is 31.4. The van der Waals surface area contributed by atoms with Crippen molar-refractivity contribution >= 4 is 11.9 Å². The van der Waals surface area contributed by atoms with Crippen LogP contribution < -0.4 is 0 Å². The van der Waals surface area contributed by atoms with E-state index in [2.05, 4.69) is 9.97 Å². The molecule has 0 aliphatic carbocycles. The number of nitrogens with one attached hydrogen (secondary N) is 1. The highest BCUT2D eigenvalue weighted by molar-refractivity contribution is 5.95. The third kappa shape index (κ3) is 2.30. The summed E-state index contributed by atoms with van der Waals surface area (Å²) < 4.78 is 0. The quantitative estimate of drug-likeness (QED) is 0.796. The van der Waals surface area contributed by atoms with E-state index in [9.17, 15) is 9.59 Å². The normalized spacial score (nSPS) is 20.3. The van der Waals surface area contributed by atoms with Gasteiger partial charge in [-0.3, -0.25) is 4.79 Å². The van der Waals surface area contributed by atoms with Gasteiger partial charge in [0.2, 0.25) is 0 Å². The van der Waals surface area contributed by atoms with Gasteiger partial charge in [0.25, 0.3) is 5.91 Å². The Morgan fingerprint density at radius 3 is 2.88 bits per heavy atom. The Bertz CT molecular complexity index is 441. The molecule has 1 aromatic rings. The van der Waals surface area contributed by atoms with Crippen LogP contribution in [0.2, 0.25) is 0 Å². The lowest BCUT2D eigenvalue weighted by atomic mass is 10.0. The van der Waals surface area contributed by atoms with Gasteiger partial charge in [0.05, 0.1) is 6.20 Å². The lowest BCUT2D eigenvalue weighted by molar-refractivity contribution is -0.143. The average molecular weight is 237 g/mol. The van der Waals surface area contributed by atoms with E-state index in [1.807, 2.05) is 0 Å². The first kappa shape index (κ1) is 11.6. The number of nitrogens with zero attached hydrogens (tertiary/aromatic N) is 2. The van der Waals surface area contributed by atoms with Gasteiger partial charge in [0.15, 0.2) is 0 Å². The second-order valence-corrected chi connectivity index (χ2v) is 4.23. The largest absolute Gasteiger partial charge is 0.480 e. The summed E-state index contributed by atoms with van der Waals surface area (Å²) in [5, 5.41) is 9.09. The maximum Gasteiger partial charge on any atom is 0.326 e.